The molecule has 0 spiro atoms. The van der Waals surface area contributed by atoms with Gasteiger partial charge in [0.1, 0.15) is 12.4 Å². The Bertz CT molecular complexity index is 476. The molecule has 0 amide bonds. The Morgan fingerprint density at radius 1 is 1.44 bits per heavy atom. The zero-order valence-electron chi connectivity index (χ0n) is 10.2. The number of aliphatic hydroxyl groups excluding tert-OH is 1. The predicted molar refractivity (Wildman–Crippen MR) is 69.9 cm³/mol. The fraction of sp³-hybridized carbons (Fsp3) is 0.455. The molecule has 1 aromatic carbocycles. The average Bonchev–Trinajstić information content (AvgIpc) is 2.29. The number of rotatable bonds is 7. The van der Waals surface area contributed by atoms with Crippen LogP contribution in [0.5, 0.6) is 5.75 Å². The maximum absolute atomic E-state index is 11.7. The van der Waals surface area contributed by atoms with Crippen LogP contribution in [-0.4, -0.2) is 50.4 Å². The van der Waals surface area contributed by atoms with Crippen LogP contribution in [0.2, 0.25) is 0 Å². The summed E-state index contributed by atoms with van der Waals surface area (Å²) in [6.45, 7) is -0.0754. The number of ether oxygens (including phenoxy) is 1. The second-order valence-electron chi connectivity index (χ2n) is 3.78. The molecule has 0 fully saturated rings. The first-order valence-electron chi connectivity index (χ1n) is 5.49. The topological polar surface area (TPSA) is 92.9 Å². The van der Waals surface area contributed by atoms with Crippen molar-refractivity contribution in [3.8, 4) is 5.75 Å². The van der Waals surface area contributed by atoms with Crippen molar-refractivity contribution in [2.45, 2.75) is 0 Å². The third-order valence-electron chi connectivity index (χ3n) is 2.36. The summed E-state index contributed by atoms with van der Waals surface area (Å²) < 4.78 is 29.8. The molecule has 0 aliphatic heterocycles. The molecule has 3 N–H and O–H groups in total. The number of aliphatic hydroxyl groups is 1. The van der Waals surface area contributed by atoms with Crippen molar-refractivity contribution in [3.05, 3.63) is 24.3 Å². The molecule has 0 saturated heterocycles. The first kappa shape index (κ1) is 14.7. The van der Waals surface area contributed by atoms with Crippen molar-refractivity contribution in [3.63, 3.8) is 0 Å². The molecule has 102 valence electrons. The van der Waals surface area contributed by atoms with Gasteiger partial charge in [-0.25, -0.2) is 12.7 Å². The van der Waals surface area contributed by atoms with Crippen molar-refractivity contribution < 1.29 is 18.3 Å². The minimum Gasteiger partial charge on any atom is -0.492 e. The van der Waals surface area contributed by atoms with Gasteiger partial charge in [-0.15, -0.1) is 0 Å². The second kappa shape index (κ2) is 6.58. The van der Waals surface area contributed by atoms with Crippen molar-refractivity contribution in [1.29, 1.82) is 0 Å². The second-order valence-corrected chi connectivity index (χ2v) is 5.98. The maximum Gasteiger partial charge on any atom is 0.217 e. The molecular formula is C11H18N2O4S. The van der Waals surface area contributed by atoms with E-state index < -0.39 is 10.0 Å². The molecule has 7 heteroatoms. The molecule has 1 aromatic rings. The molecule has 0 radical (unpaired) electrons. The number of nitrogen functional groups attached to an aromatic ring is 1. The van der Waals surface area contributed by atoms with E-state index in [1.54, 1.807) is 24.3 Å². The highest BCUT2D eigenvalue weighted by molar-refractivity contribution is 7.89. The summed E-state index contributed by atoms with van der Waals surface area (Å²) in [5.74, 6) is 0.396. The normalized spacial score (nSPS) is 11.7. The van der Waals surface area contributed by atoms with Crippen LogP contribution in [0, 0.1) is 0 Å². The zero-order valence-corrected chi connectivity index (χ0v) is 11.1. The standard InChI is InChI=1S/C11H18N2O4S/c1-13(5-6-14)18(15,16)8-7-17-11-4-2-3-10(12)9-11/h2-4,9,14H,5-8,12H2,1H3. The third kappa shape index (κ3) is 4.52. The lowest BCUT2D eigenvalue weighted by molar-refractivity contribution is 0.265. The van der Waals surface area contributed by atoms with Gasteiger partial charge in [-0.3, -0.25) is 0 Å². The summed E-state index contributed by atoms with van der Waals surface area (Å²) in [4.78, 5) is 0. The lowest BCUT2D eigenvalue weighted by Gasteiger charge is -2.15. The van der Waals surface area contributed by atoms with Crippen LogP contribution in [-0.2, 0) is 10.0 Å². The molecule has 0 unspecified atom stereocenters. The molecule has 18 heavy (non-hydrogen) atoms. The van der Waals surface area contributed by atoms with Crippen LogP contribution in [0.15, 0.2) is 24.3 Å². The third-order valence-corrected chi connectivity index (χ3v) is 4.17. The average molecular weight is 274 g/mol. The van der Waals surface area contributed by atoms with E-state index >= 15 is 0 Å². The zero-order chi connectivity index (χ0) is 13.6. The molecule has 6 nitrogen and oxygen atoms in total. The number of nitrogens with zero attached hydrogens (tertiary/aromatic N) is 1. The van der Waals surface area contributed by atoms with Crippen LogP contribution in [0.3, 0.4) is 0 Å². The summed E-state index contributed by atoms with van der Waals surface area (Å²) in [5.41, 5.74) is 6.13. The van der Waals surface area contributed by atoms with Gasteiger partial charge in [-0.1, -0.05) is 6.07 Å². The summed E-state index contributed by atoms with van der Waals surface area (Å²) >= 11 is 0. The number of likely N-dealkylation sites (N-methyl/N-ethyl adjacent to an activating group) is 1. The minimum absolute atomic E-state index is 0.0432. The van der Waals surface area contributed by atoms with E-state index in [-0.39, 0.29) is 25.5 Å². The molecule has 0 aliphatic carbocycles. The van der Waals surface area contributed by atoms with Crippen LogP contribution in [0.4, 0.5) is 5.69 Å². The first-order chi connectivity index (χ1) is 8.45. The van der Waals surface area contributed by atoms with Crippen LogP contribution >= 0.6 is 0 Å². The summed E-state index contributed by atoms with van der Waals surface area (Å²) in [5, 5.41) is 8.68. The Kier molecular flexibility index (Phi) is 5.39. The molecule has 0 atom stereocenters. The fourth-order valence-electron chi connectivity index (χ4n) is 1.30. The largest absolute Gasteiger partial charge is 0.492 e. The highest BCUT2D eigenvalue weighted by atomic mass is 32.2. The number of hydrogen-bond donors (Lipinski definition) is 2. The molecule has 0 bridgehead atoms. The van der Waals surface area contributed by atoms with Gasteiger partial charge in [0.2, 0.25) is 10.0 Å². The number of anilines is 1. The van der Waals surface area contributed by atoms with Crippen molar-refractivity contribution in [1.82, 2.24) is 4.31 Å². The van der Waals surface area contributed by atoms with Crippen molar-refractivity contribution >= 4 is 15.7 Å². The Hall–Kier alpha value is -1.31. The summed E-state index contributed by atoms with van der Waals surface area (Å²) in [6, 6.07) is 6.79. The first-order valence-corrected chi connectivity index (χ1v) is 7.10. The molecule has 0 saturated carbocycles. The van der Waals surface area contributed by atoms with E-state index in [0.29, 0.717) is 11.4 Å². The van der Waals surface area contributed by atoms with Crippen LogP contribution in [0.1, 0.15) is 0 Å². The van der Waals surface area contributed by atoms with Gasteiger partial charge >= 0.3 is 0 Å². The van der Waals surface area contributed by atoms with E-state index in [2.05, 4.69) is 0 Å². The lowest BCUT2D eigenvalue weighted by Crippen LogP contribution is -2.33. The number of hydrogen-bond acceptors (Lipinski definition) is 5. The van der Waals surface area contributed by atoms with Crippen molar-refractivity contribution in [2.24, 2.45) is 0 Å². The van der Waals surface area contributed by atoms with E-state index in [0.717, 1.165) is 4.31 Å². The van der Waals surface area contributed by atoms with E-state index in [9.17, 15) is 8.42 Å². The molecule has 0 aromatic heterocycles. The highest BCUT2D eigenvalue weighted by Gasteiger charge is 2.16. The Morgan fingerprint density at radius 2 is 2.17 bits per heavy atom. The van der Waals surface area contributed by atoms with E-state index in [1.165, 1.54) is 7.05 Å². The quantitative estimate of drug-likeness (QED) is 0.677. The fourth-order valence-corrected chi connectivity index (χ4v) is 2.27. The Morgan fingerprint density at radius 3 is 2.78 bits per heavy atom. The maximum atomic E-state index is 11.7. The van der Waals surface area contributed by atoms with Gasteiger partial charge < -0.3 is 15.6 Å². The molecule has 0 aliphatic rings. The molecule has 0 heterocycles. The Labute approximate surface area is 107 Å². The highest BCUT2D eigenvalue weighted by Crippen LogP contribution is 2.14. The lowest BCUT2D eigenvalue weighted by atomic mass is 10.3. The van der Waals surface area contributed by atoms with Crippen molar-refractivity contribution in [2.75, 3.05) is 38.3 Å². The van der Waals surface area contributed by atoms with Crippen LogP contribution < -0.4 is 10.5 Å². The Balaban J connectivity index is 2.46. The molecular weight excluding hydrogens is 256 g/mol. The monoisotopic (exact) mass is 274 g/mol. The number of nitrogens with two attached hydrogens (primary N) is 1. The molecule has 1 rings (SSSR count). The van der Waals surface area contributed by atoms with Gasteiger partial charge in [0.05, 0.1) is 12.4 Å². The van der Waals surface area contributed by atoms with Gasteiger partial charge in [-0.05, 0) is 12.1 Å². The number of sulfonamides is 1. The summed E-state index contributed by atoms with van der Waals surface area (Å²) in [7, 11) is -1.96. The summed E-state index contributed by atoms with van der Waals surface area (Å²) in [6.07, 6.45) is 0. The van der Waals surface area contributed by atoms with Gasteiger partial charge in [0, 0.05) is 25.3 Å². The number of benzene rings is 1. The van der Waals surface area contributed by atoms with Crippen LogP contribution in [0.25, 0.3) is 0 Å². The smallest absolute Gasteiger partial charge is 0.217 e. The SMILES string of the molecule is CN(CCO)S(=O)(=O)CCOc1cccc(N)c1. The van der Waals surface area contributed by atoms with Gasteiger partial charge in [0.15, 0.2) is 0 Å². The van der Waals surface area contributed by atoms with Gasteiger partial charge in [-0.2, -0.15) is 0 Å². The predicted octanol–water partition coefficient (Wildman–Crippen LogP) is -0.0985. The van der Waals surface area contributed by atoms with Gasteiger partial charge in [0.25, 0.3) is 0 Å². The minimum atomic E-state index is -3.39. The van der Waals surface area contributed by atoms with E-state index in [4.69, 9.17) is 15.6 Å². The van der Waals surface area contributed by atoms with E-state index in [1.807, 2.05) is 0 Å².